The van der Waals surface area contributed by atoms with Gasteiger partial charge < -0.3 is 15.2 Å². The summed E-state index contributed by atoms with van der Waals surface area (Å²) in [5.41, 5.74) is 10.8. The molecular weight excluding hydrogens is 432 g/mol. The lowest BCUT2D eigenvalue weighted by Crippen LogP contribution is -2.11. The molecule has 0 radical (unpaired) electrons. The highest BCUT2D eigenvalue weighted by atomic mass is 32.1. The fraction of sp³-hybridized carbons (Fsp3) is 0.227. The van der Waals surface area contributed by atoms with Crippen LogP contribution >= 0.6 is 22.7 Å². The van der Waals surface area contributed by atoms with Crippen LogP contribution in [-0.2, 0) is 12.8 Å². The molecule has 0 spiro atoms. The third-order valence-electron chi connectivity index (χ3n) is 5.36. The molecule has 158 valence electrons. The number of pyridine rings is 1. The lowest BCUT2D eigenvalue weighted by atomic mass is 10.1. The van der Waals surface area contributed by atoms with Crippen LogP contribution in [0.5, 0.6) is 11.5 Å². The third-order valence-corrected chi connectivity index (χ3v) is 7.23. The van der Waals surface area contributed by atoms with Gasteiger partial charge in [-0.2, -0.15) is 0 Å². The lowest BCUT2D eigenvalue weighted by Gasteiger charge is -2.08. The number of carbonyl (C=O) groups excluding carboxylic acids is 1. The van der Waals surface area contributed by atoms with Gasteiger partial charge in [-0.25, -0.2) is 9.97 Å². The predicted molar refractivity (Wildman–Crippen MR) is 125 cm³/mol. The lowest BCUT2D eigenvalue weighted by molar-refractivity contribution is 0.103. The summed E-state index contributed by atoms with van der Waals surface area (Å²) < 4.78 is 10.6. The summed E-state index contributed by atoms with van der Waals surface area (Å²) in [6.45, 7) is 0. The number of amides is 1. The number of rotatable bonds is 5. The van der Waals surface area contributed by atoms with Crippen LogP contribution in [-0.4, -0.2) is 30.1 Å². The summed E-state index contributed by atoms with van der Waals surface area (Å²) in [5, 5.41) is 6.12. The second-order valence-corrected chi connectivity index (χ2v) is 9.06. The minimum absolute atomic E-state index is 0.270. The van der Waals surface area contributed by atoms with Gasteiger partial charge in [-0.3, -0.25) is 10.1 Å². The standard InChI is InChI=1S/C22H20N4O3S2/c1-28-16-7-6-12(9-17(16)29-2)15-10-30-22(25-15)26-20(27)19-18(23)13-8-11-4-3-5-14(11)24-21(13)31-19/h6-10H,3-5,23H2,1-2H3,(H,25,26,27). The number of methoxy groups -OCH3 is 2. The normalized spacial score (nSPS) is 12.7. The number of aromatic nitrogens is 2. The Morgan fingerprint density at radius 1 is 1.13 bits per heavy atom. The van der Waals surface area contributed by atoms with Gasteiger partial charge in [0.25, 0.3) is 5.91 Å². The van der Waals surface area contributed by atoms with Crippen LogP contribution in [0.1, 0.15) is 27.3 Å². The minimum Gasteiger partial charge on any atom is -0.493 e. The minimum atomic E-state index is -0.270. The van der Waals surface area contributed by atoms with Gasteiger partial charge in [0.15, 0.2) is 16.6 Å². The molecule has 0 saturated heterocycles. The second kappa shape index (κ2) is 7.82. The molecule has 0 fully saturated rings. The maximum atomic E-state index is 12.9. The Morgan fingerprint density at radius 3 is 2.77 bits per heavy atom. The second-order valence-electron chi connectivity index (χ2n) is 7.21. The Bertz CT molecular complexity index is 1310. The summed E-state index contributed by atoms with van der Waals surface area (Å²) in [4.78, 5) is 23.5. The SMILES string of the molecule is COc1ccc(-c2csc(NC(=O)c3sc4nc5c(cc4c3N)CCC5)n2)cc1OC. The zero-order valence-corrected chi connectivity index (χ0v) is 18.7. The number of aryl methyl sites for hydroxylation is 2. The number of thiazole rings is 1. The van der Waals surface area contributed by atoms with Crippen molar-refractivity contribution in [1.82, 2.24) is 9.97 Å². The quantitative estimate of drug-likeness (QED) is 0.453. The summed E-state index contributed by atoms with van der Waals surface area (Å²) in [6.07, 6.45) is 3.13. The van der Waals surface area contributed by atoms with E-state index in [1.807, 2.05) is 23.6 Å². The van der Waals surface area contributed by atoms with Crippen molar-refractivity contribution in [1.29, 1.82) is 0 Å². The number of hydrogen-bond acceptors (Lipinski definition) is 8. The highest BCUT2D eigenvalue weighted by Crippen LogP contribution is 2.37. The molecule has 3 heterocycles. The van der Waals surface area contributed by atoms with E-state index in [0.29, 0.717) is 27.2 Å². The predicted octanol–water partition coefficient (Wildman–Crippen LogP) is 4.76. The molecule has 7 nitrogen and oxygen atoms in total. The van der Waals surface area contributed by atoms with E-state index in [1.165, 1.54) is 28.2 Å². The Balaban J connectivity index is 1.39. The Kier molecular flexibility index (Phi) is 4.99. The molecular formula is C22H20N4O3S2. The van der Waals surface area contributed by atoms with E-state index in [0.717, 1.165) is 46.4 Å². The maximum Gasteiger partial charge on any atom is 0.269 e. The molecule has 0 saturated carbocycles. The maximum absolute atomic E-state index is 12.9. The van der Waals surface area contributed by atoms with E-state index in [1.54, 1.807) is 14.2 Å². The van der Waals surface area contributed by atoms with Crippen LogP contribution in [0.4, 0.5) is 10.8 Å². The first-order valence-electron chi connectivity index (χ1n) is 9.77. The van der Waals surface area contributed by atoms with Gasteiger partial charge >= 0.3 is 0 Å². The van der Waals surface area contributed by atoms with E-state index in [-0.39, 0.29) is 5.91 Å². The van der Waals surface area contributed by atoms with Crippen molar-refractivity contribution >= 4 is 49.6 Å². The molecule has 4 aromatic rings. The number of hydrogen-bond donors (Lipinski definition) is 2. The van der Waals surface area contributed by atoms with E-state index in [2.05, 4.69) is 16.4 Å². The number of carbonyl (C=O) groups is 1. The first-order chi connectivity index (χ1) is 15.1. The van der Waals surface area contributed by atoms with Crippen LogP contribution < -0.4 is 20.5 Å². The first kappa shape index (κ1) is 19.8. The van der Waals surface area contributed by atoms with Crippen LogP contribution in [0.2, 0.25) is 0 Å². The largest absolute Gasteiger partial charge is 0.493 e. The third kappa shape index (κ3) is 3.49. The topological polar surface area (TPSA) is 99.4 Å². The molecule has 1 aromatic carbocycles. The number of ether oxygens (including phenoxy) is 2. The van der Waals surface area contributed by atoms with E-state index in [9.17, 15) is 4.79 Å². The highest BCUT2D eigenvalue weighted by Gasteiger charge is 2.22. The summed E-state index contributed by atoms with van der Waals surface area (Å²) >= 11 is 2.68. The molecule has 0 bridgehead atoms. The molecule has 1 aliphatic rings. The average molecular weight is 453 g/mol. The smallest absolute Gasteiger partial charge is 0.269 e. The van der Waals surface area contributed by atoms with E-state index < -0.39 is 0 Å². The summed E-state index contributed by atoms with van der Waals surface area (Å²) in [5.74, 6) is 1.000. The van der Waals surface area contributed by atoms with Crippen molar-refractivity contribution in [2.45, 2.75) is 19.3 Å². The van der Waals surface area contributed by atoms with Gasteiger partial charge in [0, 0.05) is 22.0 Å². The van der Waals surface area contributed by atoms with Crippen molar-refractivity contribution < 1.29 is 14.3 Å². The number of benzene rings is 1. The molecule has 0 aliphatic heterocycles. The van der Waals surface area contributed by atoms with Gasteiger partial charge in [0.05, 0.1) is 25.6 Å². The van der Waals surface area contributed by atoms with Crippen molar-refractivity contribution in [3.63, 3.8) is 0 Å². The number of nitrogens with zero attached hydrogens (tertiary/aromatic N) is 2. The average Bonchev–Trinajstić information content (AvgIpc) is 3.51. The number of nitrogens with one attached hydrogen (secondary N) is 1. The van der Waals surface area contributed by atoms with Crippen molar-refractivity contribution in [2.24, 2.45) is 0 Å². The first-order valence-corrected chi connectivity index (χ1v) is 11.5. The molecule has 0 unspecified atom stereocenters. The summed E-state index contributed by atoms with van der Waals surface area (Å²) in [6, 6.07) is 7.67. The zero-order chi connectivity index (χ0) is 21.5. The highest BCUT2D eigenvalue weighted by molar-refractivity contribution is 7.21. The number of fused-ring (bicyclic) bond motifs is 2. The van der Waals surface area contributed by atoms with Crippen LogP contribution in [0.3, 0.4) is 0 Å². The van der Waals surface area contributed by atoms with Gasteiger partial charge in [-0.1, -0.05) is 0 Å². The van der Waals surface area contributed by atoms with Crippen molar-refractivity contribution in [3.05, 3.63) is 45.8 Å². The molecule has 0 atom stereocenters. The Labute approximate surface area is 186 Å². The monoisotopic (exact) mass is 452 g/mol. The molecule has 9 heteroatoms. The molecule has 1 amide bonds. The van der Waals surface area contributed by atoms with Gasteiger partial charge in [-0.05, 0) is 49.1 Å². The number of anilines is 2. The summed E-state index contributed by atoms with van der Waals surface area (Å²) in [7, 11) is 3.18. The number of nitrogen functional groups attached to an aromatic ring is 1. The fourth-order valence-electron chi connectivity index (χ4n) is 3.78. The molecule has 31 heavy (non-hydrogen) atoms. The molecule has 5 rings (SSSR count). The molecule has 1 aliphatic carbocycles. The zero-order valence-electron chi connectivity index (χ0n) is 17.0. The van der Waals surface area contributed by atoms with Gasteiger partial charge in [0.2, 0.25) is 0 Å². The Morgan fingerprint density at radius 2 is 1.97 bits per heavy atom. The van der Waals surface area contributed by atoms with Crippen molar-refractivity contribution in [2.75, 3.05) is 25.3 Å². The molecule has 3 N–H and O–H groups in total. The number of nitrogens with two attached hydrogens (primary N) is 1. The van der Waals surface area contributed by atoms with Crippen LogP contribution in [0.25, 0.3) is 21.5 Å². The Hall–Kier alpha value is -3.17. The van der Waals surface area contributed by atoms with Crippen molar-refractivity contribution in [3.8, 4) is 22.8 Å². The molecule has 3 aromatic heterocycles. The fourth-order valence-corrected chi connectivity index (χ4v) is 5.49. The van der Waals surface area contributed by atoms with E-state index >= 15 is 0 Å². The van der Waals surface area contributed by atoms with Crippen LogP contribution in [0.15, 0.2) is 29.6 Å². The number of thiophene rings is 1. The van der Waals surface area contributed by atoms with Gasteiger partial charge in [0.1, 0.15) is 9.71 Å². The van der Waals surface area contributed by atoms with E-state index in [4.69, 9.17) is 20.2 Å². The van der Waals surface area contributed by atoms with Crippen LogP contribution in [0, 0.1) is 0 Å². The van der Waals surface area contributed by atoms with Gasteiger partial charge in [-0.15, -0.1) is 22.7 Å².